The molecule has 0 aliphatic heterocycles. The summed E-state index contributed by atoms with van der Waals surface area (Å²) < 4.78 is 0.593. The molecular weight excluding hydrogens is 300 g/mol. The molecule has 0 aliphatic rings. The molecular formula is C17H17ClN2S. The normalized spacial score (nSPS) is 11.0. The van der Waals surface area contributed by atoms with Gasteiger partial charge in [-0.05, 0) is 23.4 Å². The molecule has 0 spiro atoms. The molecule has 0 fully saturated rings. The standard InChI is InChI=1S/C17H17ClN2S/c1-2-5-12-8-9-16(15-7-4-3-6-14(12)15)19-10-13-11-20-17(18)21-13/h3-4,6-9,11,19H,2,5,10H2,1H3. The molecule has 4 heteroatoms. The Labute approximate surface area is 133 Å². The maximum atomic E-state index is 5.87. The van der Waals surface area contributed by atoms with Gasteiger partial charge in [0.25, 0.3) is 0 Å². The fraction of sp³-hybridized carbons (Fsp3) is 0.235. The molecule has 21 heavy (non-hydrogen) atoms. The Hall–Kier alpha value is -1.58. The van der Waals surface area contributed by atoms with Gasteiger partial charge in [-0.1, -0.05) is 55.3 Å². The highest BCUT2D eigenvalue weighted by Crippen LogP contribution is 2.28. The van der Waals surface area contributed by atoms with Crippen molar-refractivity contribution in [1.82, 2.24) is 4.98 Å². The summed E-state index contributed by atoms with van der Waals surface area (Å²) in [5.41, 5.74) is 2.58. The Morgan fingerprint density at radius 2 is 1.95 bits per heavy atom. The van der Waals surface area contributed by atoms with Gasteiger partial charge in [-0.3, -0.25) is 0 Å². The minimum atomic E-state index is 0.593. The summed E-state index contributed by atoms with van der Waals surface area (Å²) in [4.78, 5) is 5.21. The van der Waals surface area contributed by atoms with E-state index in [2.05, 4.69) is 53.6 Å². The van der Waals surface area contributed by atoms with Crippen molar-refractivity contribution in [2.24, 2.45) is 0 Å². The molecule has 0 amide bonds. The summed E-state index contributed by atoms with van der Waals surface area (Å²) >= 11 is 7.39. The number of halogens is 1. The molecule has 0 aliphatic carbocycles. The lowest BCUT2D eigenvalue weighted by molar-refractivity contribution is 0.929. The van der Waals surface area contributed by atoms with Gasteiger partial charge in [-0.15, -0.1) is 11.3 Å². The lowest BCUT2D eigenvalue weighted by Crippen LogP contribution is -1.99. The summed E-state index contributed by atoms with van der Waals surface area (Å²) in [7, 11) is 0. The lowest BCUT2D eigenvalue weighted by Gasteiger charge is -2.12. The second-order valence-electron chi connectivity index (χ2n) is 5.00. The van der Waals surface area contributed by atoms with Crippen LogP contribution in [0.2, 0.25) is 4.47 Å². The molecule has 0 bridgehead atoms. The molecule has 108 valence electrons. The van der Waals surface area contributed by atoms with Gasteiger partial charge in [0.15, 0.2) is 4.47 Å². The van der Waals surface area contributed by atoms with Crippen molar-refractivity contribution in [1.29, 1.82) is 0 Å². The summed E-state index contributed by atoms with van der Waals surface area (Å²) in [6, 6.07) is 13.0. The van der Waals surface area contributed by atoms with E-state index in [0.717, 1.165) is 30.0 Å². The van der Waals surface area contributed by atoms with Gasteiger partial charge in [0.05, 0.1) is 6.54 Å². The highest BCUT2D eigenvalue weighted by Gasteiger charge is 2.06. The van der Waals surface area contributed by atoms with Crippen LogP contribution in [0.15, 0.2) is 42.6 Å². The van der Waals surface area contributed by atoms with Gasteiger partial charge in [-0.2, -0.15) is 0 Å². The van der Waals surface area contributed by atoms with Crippen molar-refractivity contribution in [3.63, 3.8) is 0 Å². The summed E-state index contributed by atoms with van der Waals surface area (Å²) in [6.45, 7) is 2.97. The number of hydrogen-bond donors (Lipinski definition) is 1. The number of nitrogens with zero attached hydrogens (tertiary/aromatic N) is 1. The van der Waals surface area contributed by atoms with Gasteiger partial charge in [0, 0.05) is 22.1 Å². The van der Waals surface area contributed by atoms with Crippen LogP contribution in [0.1, 0.15) is 23.8 Å². The topological polar surface area (TPSA) is 24.9 Å². The summed E-state index contributed by atoms with van der Waals surface area (Å²) in [5, 5.41) is 6.11. The SMILES string of the molecule is CCCc1ccc(NCc2cnc(Cl)s2)c2ccccc12. The van der Waals surface area contributed by atoms with Gasteiger partial charge in [0.1, 0.15) is 0 Å². The van der Waals surface area contributed by atoms with E-state index in [9.17, 15) is 0 Å². The predicted molar refractivity (Wildman–Crippen MR) is 92.4 cm³/mol. The largest absolute Gasteiger partial charge is 0.380 e. The van der Waals surface area contributed by atoms with Crippen LogP contribution in [0.5, 0.6) is 0 Å². The summed E-state index contributed by atoms with van der Waals surface area (Å²) in [6.07, 6.45) is 4.11. The average Bonchev–Trinajstić information content (AvgIpc) is 2.92. The van der Waals surface area contributed by atoms with Crippen LogP contribution in [0, 0.1) is 0 Å². The number of hydrogen-bond acceptors (Lipinski definition) is 3. The Balaban J connectivity index is 1.90. The number of nitrogens with one attached hydrogen (secondary N) is 1. The van der Waals surface area contributed by atoms with Crippen molar-refractivity contribution < 1.29 is 0 Å². The molecule has 0 radical (unpaired) electrons. The molecule has 0 unspecified atom stereocenters. The summed E-state index contributed by atoms with van der Waals surface area (Å²) in [5.74, 6) is 0. The van der Waals surface area contributed by atoms with Crippen LogP contribution in [-0.4, -0.2) is 4.98 Å². The van der Waals surface area contributed by atoms with Crippen LogP contribution < -0.4 is 5.32 Å². The Kier molecular flexibility index (Phi) is 4.42. The second-order valence-corrected chi connectivity index (χ2v) is 6.70. The molecule has 1 aromatic heterocycles. The van der Waals surface area contributed by atoms with E-state index in [0.29, 0.717) is 4.47 Å². The predicted octanol–water partition coefficient (Wildman–Crippen LogP) is 5.51. The zero-order chi connectivity index (χ0) is 14.7. The van der Waals surface area contributed by atoms with E-state index < -0.39 is 0 Å². The molecule has 2 aromatic carbocycles. The quantitative estimate of drug-likeness (QED) is 0.671. The Morgan fingerprint density at radius 1 is 1.14 bits per heavy atom. The molecule has 0 saturated carbocycles. The van der Waals surface area contributed by atoms with Gasteiger partial charge in [-0.25, -0.2) is 4.98 Å². The number of anilines is 1. The lowest BCUT2D eigenvalue weighted by atomic mass is 10.00. The van der Waals surface area contributed by atoms with E-state index in [1.165, 1.54) is 27.7 Å². The highest BCUT2D eigenvalue weighted by molar-refractivity contribution is 7.15. The third kappa shape index (κ3) is 3.20. The van der Waals surface area contributed by atoms with Crippen LogP contribution in [0.4, 0.5) is 5.69 Å². The molecule has 1 heterocycles. The molecule has 1 N–H and O–H groups in total. The maximum Gasteiger partial charge on any atom is 0.183 e. The van der Waals surface area contributed by atoms with Gasteiger partial charge < -0.3 is 5.32 Å². The fourth-order valence-corrected chi connectivity index (χ4v) is 3.47. The molecule has 0 saturated heterocycles. The van der Waals surface area contributed by atoms with Crippen LogP contribution >= 0.6 is 22.9 Å². The molecule has 3 aromatic rings. The van der Waals surface area contributed by atoms with Crippen molar-refractivity contribution >= 4 is 39.4 Å². The van der Waals surface area contributed by atoms with Crippen LogP contribution in [-0.2, 0) is 13.0 Å². The second kappa shape index (κ2) is 6.46. The minimum absolute atomic E-state index is 0.593. The van der Waals surface area contributed by atoms with Crippen molar-refractivity contribution in [2.45, 2.75) is 26.3 Å². The molecule has 2 nitrogen and oxygen atoms in total. The molecule has 3 rings (SSSR count). The van der Waals surface area contributed by atoms with Crippen molar-refractivity contribution in [3.05, 3.63) is 57.5 Å². The van der Waals surface area contributed by atoms with E-state index >= 15 is 0 Å². The van der Waals surface area contributed by atoms with Crippen LogP contribution in [0.25, 0.3) is 10.8 Å². The first-order valence-corrected chi connectivity index (χ1v) is 8.32. The van der Waals surface area contributed by atoms with Crippen molar-refractivity contribution in [3.8, 4) is 0 Å². The van der Waals surface area contributed by atoms with Crippen LogP contribution in [0.3, 0.4) is 0 Å². The van der Waals surface area contributed by atoms with Crippen molar-refractivity contribution in [2.75, 3.05) is 5.32 Å². The first-order valence-electron chi connectivity index (χ1n) is 7.12. The van der Waals surface area contributed by atoms with E-state index in [1.54, 1.807) is 0 Å². The monoisotopic (exact) mass is 316 g/mol. The number of fused-ring (bicyclic) bond motifs is 1. The zero-order valence-corrected chi connectivity index (χ0v) is 13.5. The highest BCUT2D eigenvalue weighted by atomic mass is 35.5. The molecule has 0 atom stereocenters. The number of aromatic nitrogens is 1. The fourth-order valence-electron chi connectivity index (χ4n) is 2.55. The maximum absolute atomic E-state index is 5.87. The minimum Gasteiger partial charge on any atom is -0.380 e. The smallest absolute Gasteiger partial charge is 0.183 e. The Bertz CT molecular complexity index is 751. The average molecular weight is 317 g/mol. The Morgan fingerprint density at radius 3 is 2.67 bits per heavy atom. The number of rotatable bonds is 5. The number of aryl methyl sites for hydroxylation is 1. The first kappa shape index (κ1) is 14.4. The third-order valence-electron chi connectivity index (χ3n) is 3.51. The third-order valence-corrected chi connectivity index (χ3v) is 4.63. The van der Waals surface area contributed by atoms with Gasteiger partial charge in [0.2, 0.25) is 0 Å². The van der Waals surface area contributed by atoms with E-state index in [-0.39, 0.29) is 0 Å². The first-order chi connectivity index (χ1) is 10.3. The number of benzene rings is 2. The van der Waals surface area contributed by atoms with E-state index in [1.807, 2.05) is 6.20 Å². The zero-order valence-electron chi connectivity index (χ0n) is 11.9. The van der Waals surface area contributed by atoms with E-state index in [4.69, 9.17) is 11.6 Å². The van der Waals surface area contributed by atoms with Gasteiger partial charge >= 0.3 is 0 Å². The number of thiazole rings is 1.